The Balaban J connectivity index is 2.01. The number of aliphatic hydroxyl groups excluding tert-OH is 1. The number of carbonyl (C=O) groups excluding carboxylic acids is 1. The van der Waals surface area contributed by atoms with E-state index in [-0.39, 0.29) is 42.2 Å². The molecule has 0 saturated carbocycles. The summed E-state index contributed by atoms with van der Waals surface area (Å²) in [5, 5.41) is 20.4. The van der Waals surface area contributed by atoms with Crippen LogP contribution >= 0.6 is 0 Å². The molecule has 2 N–H and O–H groups in total. The van der Waals surface area contributed by atoms with Crippen LogP contribution in [0.25, 0.3) is 0 Å². The lowest BCUT2D eigenvalue weighted by atomic mass is 9.90. The first-order chi connectivity index (χ1) is 14.5. The molecule has 2 atom stereocenters. The van der Waals surface area contributed by atoms with Crippen LogP contribution in [0.5, 0.6) is 28.7 Å². The highest BCUT2D eigenvalue weighted by molar-refractivity contribution is 5.69. The Morgan fingerprint density at radius 2 is 1.63 bits per heavy atom. The molecule has 1 aliphatic heterocycles. The Bertz CT molecular complexity index is 899. The first-order valence-corrected chi connectivity index (χ1v) is 9.47. The van der Waals surface area contributed by atoms with Gasteiger partial charge in [0, 0.05) is 17.5 Å². The Hall–Kier alpha value is -3.13. The van der Waals surface area contributed by atoms with Gasteiger partial charge in [-0.1, -0.05) is 6.07 Å². The lowest BCUT2D eigenvalue weighted by molar-refractivity contribution is -0.140. The van der Waals surface area contributed by atoms with Gasteiger partial charge in [-0.25, -0.2) is 0 Å². The fourth-order valence-corrected chi connectivity index (χ4v) is 3.67. The van der Waals surface area contributed by atoms with Crippen LogP contribution in [0.1, 0.15) is 35.1 Å². The van der Waals surface area contributed by atoms with Crippen LogP contribution in [-0.4, -0.2) is 51.2 Å². The number of phenols is 1. The van der Waals surface area contributed by atoms with E-state index in [1.807, 2.05) is 12.1 Å². The van der Waals surface area contributed by atoms with E-state index in [0.29, 0.717) is 23.5 Å². The van der Waals surface area contributed by atoms with Gasteiger partial charge >= 0.3 is 5.97 Å². The second kappa shape index (κ2) is 9.13. The second-order valence-corrected chi connectivity index (χ2v) is 6.89. The van der Waals surface area contributed by atoms with Crippen molar-refractivity contribution < 1.29 is 38.7 Å². The summed E-state index contributed by atoms with van der Waals surface area (Å²) in [6, 6.07) is 7.04. The molecule has 30 heavy (non-hydrogen) atoms. The van der Waals surface area contributed by atoms with Crippen LogP contribution in [-0.2, 0) is 16.0 Å². The third-order valence-corrected chi connectivity index (χ3v) is 5.25. The number of aliphatic hydroxyl groups is 1. The number of hydrogen-bond donors (Lipinski definition) is 2. The molecule has 3 rings (SSSR count). The molecule has 8 nitrogen and oxygen atoms in total. The zero-order chi connectivity index (χ0) is 21.8. The first-order valence-electron chi connectivity index (χ1n) is 9.47. The van der Waals surface area contributed by atoms with Crippen LogP contribution < -0.4 is 18.9 Å². The molecule has 1 aliphatic rings. The fraction of sp³-hybridized carbons (Fsp3) is 0.409. The first kappa shape index (κ1) is 21.6. The molecule has 0 fully saturated rings. The smallest absolute Gasteiger partial charge is 0.305 e. The van der Waals surface area contributed by atoms with Crippen molar-refractivity contribution in [1.82, 2.24) is 0 Å². The van der Waals surface area contributed by atoms with Gasteiger partial charge in [-0.3, -0.25) is 4.79 Å². The van der Waals surface area contributed by atoms with E-state index < -0.39 is 6.10 Å². The van der Waals surface area contributed by atoms with Crippen LogP contribution in [0.2, 0.25) is 0 Å². The quantitative estimate of drug-likeness (QED) is 0.631. The number of aromatic hydroxyl groups is 1. The van der Waals surface area contributed by atoms with Crippen LogP contribution in [0.4, 0.5) is 0 Å². The average molecular weight is 418 g/mol. The molecule has 2 unspecified atom stereocenters. The van der Waals surface area contributed by atoms with Crippen molar-refractivity contribution in [1.29, 1.82) is 0 Å². The standard InChI is InChI=1S/C22H26O8/c1-26-16-9-13(10-17(27-2)20(16)25)21-15(11-23)14-7-12(5-6-19(24)29-4)8-18(28-3)22(14)30-21/h7-10,15,21,23,25H,5-6,11H2,1-4H3. The van der Waals surface area contributed by atoms with Crippen LogP contribution in [0.15, 0.2) is 24.3 Å². The van der Waals surface area contributed by atoms with E-state index in [1.165, 1.54) is 28.4 Å². The van der Waals surface area contributed by atoms with Crippen LogP contribution in [0, 0.1) is 0 Å². The van der Waals surface area contributed by atoms with Gasteiger partial charge in [-0.15, -0.1) is 0 Å². The van der Waals surface area contributed by atoms with E-state index >= 15 is 0 Å². The summed E-state index contributed by atoms with van der Waals surface area (Å²) in [6.07, 6.45) is 0.164. The molecule has 2 aromatic rings. The lowest BCUT2D eigenvalue weighted by Crippen LogP contribution is -2.13. The summed E-state index contributed by atoms with van der Waals surface area (Å²) in [5.74, 6) is 0.747. The molecule has 162 valence electrons. The van der Waals surface area contributed by atoms with Crippen molar-refractivity contribution in [3.05, 3.63) is 41.0 Å². The highest BCUT2D eigenvalue weighted by Gasteiger charge is 2.38. The molecule has 0 bridgehead atoms. The molecular formula is C22H26O8. The van der Waals surface area contributed by atoms with Gasteiger partial charge < -0.3 is 33.9 Å². The minimum atomic E-state index is -0.543. The van der Waals surface area contributed by atoms with Crippen molar-refractivity contribution in [2.24, 2.45) is 0 Å². The molecule has 8 heteroatoms. The highest BCUT2D eigenvalue weighted by atomic mass is 16.5. The minimum absolute atomic E-state index is 0.109. The normalized spacial score (nSPS) is 17.1. The zero-order valence-electron chi connectivity index (χ0n) is 17.4. The monoisotopic (exact) mass is 418 g/mol. The number of esters is 1. The molecule has 0 aromatic heterocycles. The minimum Gasteiger partial charge on any atom is -0.502 e. The van der Waals surface area contributed by atoms with Crippen molar-refractivity contribution in [2.75, 3.05) is 35.0 Å². The maximum absolute atomic E-state index is 11.5. The highest BCUT2D eigenvalue weighted by Crippen LogP contribution is 2.52. The lowest BCUT2D eigenvalue weighted by Gasteiger charge is -2.20. The van der Waals surface area contributed by atoms with Gasteiger partial charge in [0.25, 0.3) is 0 Å². The summed E-state index contributed by atoms with van der Waals surface area (Å²) in [6.45, 7) is -0.174. The Morgan fingerprint density at radius 3 is 2.17 bits per heavy atom. The summed E-state index contributed by atoms with van der Waals surface area (Å²) in [5.41, 5.74) is 2.34. The summed E-state index contributed by atoms with van der Waals surface area (Å²) in [4.78, 5) is 11.5. The van der Waals surface area contributed by atoms with Crippen molar-refractivity contribution in [3.8, 4) is 28.7 Å². The van der Waals surface area contributed by atoms with Crippen molar-refractivity contribution in [3.63, 3.8) is 0 Å². The van der Waals surface area contributed by atoms with E-state index in [0.717, 1.165) is 11.1 Å². The topological polar surface area (TPSA) is 104 Å². The van der Waals surface area contributed by atoms with Gasteiger partial charge in [-0.05, 0) is 30.2 Å². The molecule has 2 aromatic carbocycles. The number of fused-ring (bicyclic) bond motifs is 1. The van der Waals surface area contributed by atoms with E-state index in [2.05, 4.69) is 0 Å². The molecule has 1 heterocycles. The summed E-state index contributed by atoms with van der Waals surface area (Å²) >= 11 is 0. The molecule has 0 spiro atoms. The average Bonchev–Trinajstić information content (AvgIpc) is 3.15. The maximum atomic E-state index is 11.5. The third-order valence-electron chi connectivity index (χ3n) is 5.25. The van der Waals surface area contributed by atoms with Crippen LogP contribution in [0.3, 0.4) is 0 Å². The number of phenolic OH excluding ortho intramolecular Hbond substituents is 1. The number of hydrogen-bond acceptors (Lipinski definition) is 8. The SMILES string of the molecule is COC(=O)CCc1cc(OC)c2c(c1)C(CO)C(c1cc(OC)c(O)c(OC)c1)O2. The fourth-order valence-electron chi connectivity index (χ4n) is 3.67. The predicted molar refractivity (Wildman–Crippen MR) is 108 cm³/mol. The van der Waals surface area contributed by atoms with Gasteiger partial charge in [0.1, 0.15) is 6.10 Å². The summed E-state index contributed by atoms with van der Waals surface area (Å²) in [7, 11) is 5.79. The Morgan fingerprint density at radius 1 is 1.00 bits per heavy atom. The number of rotatable bonds is 8. The van der Waals surface area contributed by atoms with E-state index in [9.17, 15) is 15.0 Å². The van der Waals surface area contributed by atoms with Gasteiger partial charge in [0.2, 0.25) is 5.75 Å². The molecular weight excluding hydrogens is 392 g/mol. The number of methoxy groups -OCH3 is 4. The molecule has 0 amide bonds. The number of aryl methyl sites for hydroxylation is 1. The van der Waals surface area contributed by atoms with E-state index in [1.54, 1.807) is 12.1 Å². The molecule has 0 saturated heterocycles. The van der Waals surface area contributed by atoms with Crippen molar-refractivity contribution >= 4 is 5.97 Å². The van der Waals surface area contributed by atoms with Gasteiger partial charge in [0.15, 0.2) is 23.0 Å². The van der Waals surface area contributed by atoms with E-state index in [4.69, 9.17) is 23.7 Å². The number of ether oxygens (including phenoxy) is 5. The predicted octanol–water partition coefficient (Wildman–Crippen LogP) is 2.73. The maximum Gasteiger partial charge on any atom is 0.305 e. The molecule has 0 radical (unpaired) electrons. The Kier molecular flexibility index (Phi) is 6.56. The number of carbonyl (C=O) groups is 1. The third kappa shape index (κ3) is 3.95. The second-order valence-electron chi connectivity index (χ2n) is 6.89. The van der Waals surface area contributed by atoms with Gasteiger partial charge in [0.05, 0.1) is 41.0 Å². The largest absolute Gasteiger partial charge is 0.502 e. The zero-order valence-corrected chi connectivity index (χ0v) is 17.4. The Labute approximate surface area is 174 Å². The number of benzene rings is 2. The molecule has 0 aliphatic carbocycles. The van der Waals surface area contributed by atoms with Crippen molar-refractivity contribution in [2.45, 2.75) is 24.9 Å². The van der Waals surface area contributed by atoms with Gasteiger partial charge in [-0.2, -0.15) is 0 Å². The summed E-state index contributed by atoms with van der Waals surface area (Å²) < 4.78 is 26.9.